The summed E-state index contributed by atoms with van der Waals surface area (Å²) in [5, 5.41) is 5.11. The van der Waals surface area contributed by atoms with Gasteiger partial charge in [0.05, 0.1) is 0 Å². The van der Waals surface area contributed by atoms with Crippen LogP contribution in [0.3, 0.4) is 0 Å². The van der Waals surface area contributed by atoms with E-state index in [-0.39, 0.29) is 24.2 Å². The van der Waals surface area contributed by atoms with Gasteiger partial charge < -0.3 is 16.4 Å². The second-order valence-electron chi connectivity index (χ2n) is 6.46. The number of carbonyl (C=O) groups is 2. The Hall–Kier alpha value is -2.98. The average molecular weight is 426 g/mol. The zero-order chi connectivity index (χ0) is 22.1. The van der Waals surface area contributed by atoms with Crippen LogP contribution in [0.5, 0.6) is 0 Å². The highest BCUT2D eigenvalue weighted by atomic mass is 19.1. The lowest BCUT2D eigenvalue weighted by atomic mass is 10.2. The molecule has 2 aromatic rings. The van der Waals surface area contributed by atoms with Crippen LogP contribution in [-0.2, 0) is 0 Å². The van der Waals surface area contributed by atoms with Crippen LogP contribution in [0.1, 0.15) is 20.7 Å². The van der Waals surface area contributed by atoms with Gasteiger partial charge in [-0.1, -0.05) is 0 Å². The van der Waals surface area contributed by atoms with E-state index in [0.29, 0.717) is 38.3 Å². The molecule has 0 saturated heterocycles. The molecule has 0 aromatic heterocycles. The molecule has 0 aliphatic carbocycles. The van der Waals surface area contributed by atoms with Gasteiger partial charge in [-0.25, -0.2) is 17.6 Å². The van der Waals surface area contributed by atoms with Gasteiger partial charge in [0.25, 0.3) is 11.8 Å². The standard InChI is InChI=1S/C20H22F4N4O2/c21-15-7-13(8-16(22)11-15)19(29)26-2-5-28(4-1-25)6-3-27-20(30)14-9-17(23)12-18(24)10-14/h7-12H,1-6,25H2,(H,26,29)(H,27,30). The largest absolute Gasteiger partial charge is 0.351 e. The molecule has 4 N–H and O–H groups in total. The number of nitrogens with one attached hydrogen (secondary N) is 2. The van der Waals surface area contributed by atoms with Crippen LogP contribution in [0.2, 0.25) is 0 Å². The van der Waals surface area contributed by atoms with Gasteiger partial charge in [0.15, 0.2) is 0 Å². The minimum atomic E-state index is -0.848. The monoisotopic (exact) mass is 426 g/mol. The Morgan fingerprint density at radius 1 is 0.700 bits per heavy atom. The Bertz CT molecular complexity index is 785. The first-order valence-corrected chi connectivity index (χ1v) is 9.19. The van der Waals surface area contributed by atoms with Gasteiger partial charge in [-0.2, -0.15) is 0 Å². The molecule has 6 nitrogen and oxygen atoms in total. The van der Waals surface area contributed by atoms with Crippen molar-refractivity contribution in [1.82, 2.24) is 15.5 Å². The zero-order valence-corrected chi connectivity index (χ0v) is 16.1. The van der Waals surface area contributed by atoms with Gasteiger partial charge >= 0.3 is 0 Å². The summed E-state index contributed by atoms with van der Waals surface area (Å²) in [6, 6.07) is 5.07. The van der Waals surface area contributed by atoms with E-state index in [1.54, 1.807) is 0 Å². The third kappa shape index (κ3) is 7.45. The highest BCUT2D eigenvalue weighted by Crippen LogP contribution is 2.08. The van der Waals surface area contributed by atoms with E-state index in [9.17, 15) is 27.2 Å². The highest BCUT2D eigenvalue weighted by molar-refractivity contribution is 5.94. The van der Waals surface area contributed by atoms with E-state index in [4.69, 9.17) is 5.73 Å². The summed E-state index contributed by atoms with van der Waals surface area (Å²) in [5.74, 6) is -4.64. The van der Waals surface area contributed by atoms with E-state index < -0.39 is 35.1 Å². The van der Waals surface area contributed by atoms with Crippen molar-refractivity contribution in [3.05, 3.63) is 70.8 Å². The molecule has 0 unspecified atom stereocenters. The number of carbonyl (C=O) groups excluding carboxylic acids is 2. The Balaban J connectivity index is 1.80. The molecule has 0 fully saturated rings. The fourth-order valence-corrected chi connectivity index (χ4v) is 2.75. The molecule has 0 heterocycles. The van der Waals surface area contributed by atoms with Crippen molar-refractivity contribution in [3.8, 4) is 0 Å². The number of nitrogens with two attached hydrogens (primary N) is 1. The molecule has 0 saturated carbocycles. The van der Waals surface area contributed by atoms with Crippen molar-refractivity contribution in [3.63, 3.8) is 0 Å². The second kappa shape index (κ2) is 11.3. The molecule has 2 amide bonds. The van der Waals surface area contributed by atoms with E-state index >= 15 is 0 Å². The average Bonchev–Trinajstić information content (AvgIpc) is 2.66. The molecular weight excluding hydrogens is 404 g/mol. The molecule has 2 aromatic carbocycles. The first-order chi connectivity index (χ1) is 14.3. The Labute approximate surface area is 171 Å². The van der Waals surface area contributed by atoms with Gasteiger partial charge in [-0.05, 0) is 24.3 Å². The Morgan fingerprint density at radius 2 is 1.07 bits per heavy atom. The van der Waals surface area contributed by atoms with Crippen molar-refractivity contribution in [1.29, 1.82) is 0 Å². The summed E-state index contributed by atoms with van der Waals surface area (Å²) >= 11 is 0. The molecule has 0 spiro atoms. The van der Waals surface area contributed by atoms with Crippen molar-refractivity contribution in [2.75, 3.05) is 39.3 Å². The van der Waals surface area contributed by atoms with Crippen LogP contribution in [-0.4, -0.2) is 56.0 Å². The lowest BCUT2D eigenvalue weighted by molar-refractivity contribution is 0.0947. The lowest BCUT2D eigenvalue weighted by Crippen LogP contribution is -2.41. The topological polar surface area (TPSA) is 87.5 Å². The number of nitrogens with zero attached hydrogens (tertiary/aromatic N) is 1. The summed E-state index contributed by atoms with van der Waals surface area (Å²) in [6.07, 6.45) is 0. The predicted octanol–water partition coefficient (Wildman–Crippen LogP) is 1.66. The molecule has 0 atom stereocenters. The summed E-state index contributed by atoms with van der Waals surface area (Å²) in [6.45, 7) is 1.89. The smallest absolute Gasteiger partial charge is 0.251 e. The molecule has 0 radical (unpaired) electrons. The second-order valence-corrected chi connectivity index (χ2v) is 6.46. The maximum absolute atomic E-state index is 13.2. The normalized spacial score (nSPS) is 10.9. The summed E-state index contributed by atoms with van der Waals surface area (Å²) in [7, 11) is 0. The SMILES string of the molecule is NCCN(CCNC(=O)c1cc(F)cc(F)c1)CCNC(=O)c1cc(F)cc(F)c1. The molecule has 0 aliphatic rings. The number of amides is 2. The highest BCUT2D eigenvalue weighted by Gasteiger charge is 2.12. The van der Waals surface area contributed by atoms with Gasteiger partial charge in [-0.3, -0.25) is 14.5 Å². The molecule has 0 bridgehead atoms. The van der Waals surface area contributed by atoms with E-state index in [1.165, 1.54) is 0 Å². The molecular formula is C20H22F4N4O2. The first-order valence-electron chi connectivity index (χ1n) is 9.19. The molecule has 10 heteroatoms. The molecule has 30 heavy (non-hydrogen) atoms. The van der Waals surface area contributed by atoms with E-state index in [2.05, 4.69) is 10.6 Å². The van der Waals surface area contributed by atoms with Gasteiger partial charge in [-0.15, -0.1) is 0 Å². The minimum Gasteiger partial charge on any atom is -0.351 e. The van der Waals surface area contributed by atoms with E-state index in [0.717, 1.165) is 24.3 Å². The first kappa shape index (κ1) is 23.3. The number of halogens is 4. The quantitative estimate of drug-likeness (QED) is 0.505. The maximum atomic E-state index is 13.2. The minimum absolute atomic E-state index is 0.132. The number of hydrogen-bond acceptors (Lipinski definition) is 4. The number of rotatable bonds is 10. The predicted molar refractivity (Wildman–Crippen MR) is 103 cm³/mol. The summed E-state index contributed by atoms with van der Waals surface area (Å²) in [4.78, 5) is 25.8. The van der Waals surface area contributed by atoms with Crippen LogP contribution in [0, 0.1) is 23.3 Å². The van der Waals surface area contributed by atoms with Crippen LogP contribution in [0.25, 0.3) is 0 Å². The fraction of sp³-hybridized carbons (Fsp3) is 0.300. The molecule has 162 valence electrons. The van der Waals surface area contributed by atoms with Crippen molar-refractivity contribution < 1.29 is 27.2 Å². The number of benzene rings is 2. The zero-order valence-electron chi connectivity index (χ0n) is 16.1. The molecule has 0 aliphatic heterocycles. The van der Waals surface area contributed by atoms with Crippen LogP contribution in [0.4, 0.5) is 17.6 Å². The number of hydrogen-bond donors (Lipinski definition) is 3. The van der Waals surface area contributed by atoms with Crippen LogP contribution in [0.15, 0.2) is 36.4 Å². The Morgan fingerprint density at radius 3 is 1.40 bits per heavy atom. The van der Waals surface area contributed by atoms with Crippen molar-refractivity contribution in [2.45, 2.75) is 0 Å². The third-order valence-corrected chi connectivity index (χ3v) is 4.12. The summed E-state index contributed by atoms with van der Waals surface area (Å²) < 4.78 is 52.8. The van der Waals surface area contributed by atoms with Gasteiger partial charge in [0, 0.05) is 62.5 Å². The van der Waals surface area contributed by atoms with Gasteiger partial charge in [0.2, 0.25) is 0 Å². The molecule has 2 rings (SSSR count). The van der Waals surface area contributed by atoms with Crippen molar-refractivity contribution in [2.24, 2.45) is 5.73 Å². The third-order valence-electron chi connectivity index (χ3n) is 4.12. The van der Waals surface area contributed by atoms with E-state index in [1.807, 2.05) is 4.90 Å². The summed E-state index contributed by atoms with van der Waals surface area (Å²) in [5.41, 5.74) is 5.29. The van der Waals surface area contributed by atoms with Gasteiger partial charge in [0.1, 0.15) is 23.3 Å². The van der Waals surface area contributed by atoms with Crippen LogP contribution < -0.4 is 16.4 Å². The van der Waals surface area contributed by atoms with Crippen molar-refractivity contribution >= 4 is 11.8 Å². The Kier molecular flexibility index (Phi) is 8.75. The maximum Gasteiger partial charge on any atom is 0.251 e. The lowest BCUT2D eigenvalue weighted by Gasteiger charge is -2.22. The van der Waals surface area contributed by atoms with Crippen LogP contribution >= 0.6 is 0 Å². The fourth-order valence-electron chi connectivity index (χ4n) is 2.75.